The van der Waals surface area contributed by atoms with E-state index in [-0.39, 0.29) is 23.7 Å². The fourth-order valence-electron chi connectivity index (χ4n) is 3.87. The van der Waals surface area contributed by atoms with Gasteiger partial charge < -0.3 is 4.90 Å². The summed E-state index contributed by atoms with van der Waals surface area (Å²) in [6, 6.07) is 15.0. The Bertz CT molecular complexity index is 1340. The largest absolute Gasteiger partial charge is 0.416 e. The minimum absolute atomic E-state index is 0.0626. The van der Waals surface area contributed by atoms with E-state index in [1.54, 1.807) is 12.3 Å². The fourth-order valence-corrected chi connectivity index (χ4v) is 3.87. The normalized spacial score (nSPS) is 11.8. The van der Waals surface area contributed by atoms with Crippen molar-refractivity contribution in [3.63, 3.8) is 0 Å². The van der Waals surface area contributed by atoms with E-state index in [0.717, 1.165) is 11.1 Å². The average molecular weight is 515 g/mol. The highest BCUT2D eigenvalue weighted by Gasteiger charge is 2.37. The van der Waals surface area contributed by atoms with Crippen LogP contribution in [0.3, 0.4) is 0 Å². The molecule has 0 fully saturated rings. The Hall–Kier alpha value is -4.21. The van der Waals surface area contributed by atoms with Gasteiger partial charge in [0.05, 0.1) is 11.1 Å². The number of alkyl halides is 6. The van der Waals surface area contributed by atoms with Crippen LogP contribution in [0.4, 0.5) is 26.3 Å². The van der Waals surface area contributed by atoms with Crippen LogP contribution in [0.1, 0.15) is 32.6 Å². The quantitative estimate of drug-likeness (QED) is 0.259. The molecule has 0 spiro atoms. The smallest absolute Gasteiger partial charge is 0.330 e. The summed E-state index contributed by atoms with van der Waals surface area (Å²) in [4.78, 5) is 22.6. The summed E-state index contributed by atoms with van der Waals surface area (Å²) in [5, 5.41) is 0. The third kappa shape index (κ3) is 6.32. The van der Waals surface area contributed by atoms with Crippen molar-refractivity contribution in [1.82, 2.24) is 14.9 Å². The summed E-state index contributed by atoms with van der Waals surface area (Å²) in [6.45, 7) is -0.617. The average Bonchev–Trinajstić information content (AvgIpc) is 2.88. The van der Waals surface area contributed by atoms with Crippen LogP contribution in [0.2, 0.25) is 0 Å². The Morgan fingerprint density at radius 2 is 1.32 bits per heavy atom. The second-order valence-corrected chi connectivity index (χ2v) is 8.21. The minimum Gasteiger partial charge on any atom is -0.330 e. The molecule has 0 saturated carbocycles. The van der Waals surface area contributed by atoms with Gasteiger partial charge in [0, 0.05) is 43.4 Å². The maximum Gasteiger partial charge on any atom is 0.416 e. The van der Waals surface area contributed by atoms with E-state index in [4.69, 9.17) is 0 Å². The Morgan fingerprint density at radius 3 is 1.92 bits per heavy atom. The van der Waals surface area contributed by atoms with Gasteiger partial charge >= 0.3 is 12.4 Å². The number of rotatable bonds is 6. The summed E-state index contributed by atoms with van der Waals surface area (Å²) in [5.41, 5.74) is -0.908. The van der Waals surface area contributed by atoms with Gasteiger partial charge in [-0.2, -0.15) is 26.3 Å². The van der Waals surface area contributed by atoms with E-state index in [0.29, 0.717) is 17.7 Å². The zero-order valence-corrected chi connectivity index (χ0v) is 19.1. The van der Waals surface area contributed by atoms with Gasteiger partial charge in [-0.15, -0.1) is 0 Å². The maximum absolute atomic E-state index is 13.4. The van der Waals surface area contributed by atoms with Crippen LogP contribution in [0.15, 0.2) is 91.5 Å². The minimum atomic E-state index is -5.00. The van der Waals surface area contributed by atoms with Crippen molar-refractivity contribution < 1.29 is 31.1 Å². The molecule has 0 saturated heterocycles. The fraction of sp³-hybridized carbons (Fsp3) is 0.148. The number of hydrogen-bond donors (Lipinski definition) is 0. The molecule has 190 valence electrons. The van der Waals surface area contributed by atoms with Crippen LogP contribution in [0, 0.1) is 0 Å². The number of hydrogen-bond acceptors (Lipinski definition) is 3. The first kappa shape index (κ1) is 25.9. The van der Waals surface area contributed by atoms with Crippen LogP contribution < -0.4 is 0 Å². The number of amides is 1. The third-order valence-corrected chi connectivity index (χ3v) is 5.58. The highest BCUT2D eigenvalue weighted by Crippen LogP contribution is 2.37. The molecule has 2 heterocycles. The second-order valence-electron chi connectivity index (χ2n) is 8.21. The molecule has 0 aliphatic carbocycles. The molecule has 0 aliphatic heterocycles. The van der Waals surface area contributed by atoms with Gasteiger partial charge in [0.25, 0.3) is 5.91 Å². The van der Waals surface area contributed by atoms with Crippen molar-refractivity contribution in [1.29, 1.82) is 0 Å². The molecule has 0 aliphatic rings. The number of nitrogens with zero attached hydrogens (tertiary/aromatic N) is 3. The molecule has 0 unspecified atom stereocenters. The van der Waals surface area contributed by atoms with E-state index in [1.165, 1.54) is 35.6 Å². The summed E-state index contributed by atoms with van der Waals surface area (Å²) in [6.07, 6.45) is -4.18. The Labute approximate surface area is 208 Å². The molecular formula is C27H19F6N3O. The van der Waals surface area contributed by atoms with Crippen molar-refractivity contribution in [2.24, 2.45) is 0 Å². The predicted octanol–water partition coefficient (Wildman–Crippen LogP) is 7.02. The van der Waals surface area contributed by atoms with Gasteiger partial charge in [-0.3, -0.25) is 14.8 Å². The monoisotopic (exact) mass is 515 g/mol. The number of halogens is 6. The topological polar surface area (TPSA) is 46.1 Å². The molecule has 2 aromatic carbocycles. The first-order valence-corrected chi connectivity index (χ1v) is 11.0. The highest BCUT2D eigenvalue weighted by atomic mass is 19.4. The molecular weight excluding hydrogens is 496 g/mol. The molecule has 2 aromatic heterocycles. The van der Waals surface area contributed by atoms with Gasteiger partial charge in [-0.05, 0) is 58.7 Å². The highest BCUT2D eigenvalue weighted by molar-refractivity contribution is 5.94. The maximum atomic E-state index is 13.4. The molecule has 0 atom stereocenters. The zero-order chi connectivity index (χ0) is 26.6. The van der Waals surface area contributed by atoms with Crippen LogP contribution in [-0.2, 0) is 25.4 Å². The molecule has 1 amide bonds. The molecule has 4 nitrogen and oxygen atoms in total. The molecule has 10 heteroatoms. The Morgan fingerprint density at radius 1 is 0.730 bits per heavy atom. The van der Waals surface area contributed by atoms with Crippen molar-refractivity contribution in [2.45, 2.75) is 25.4 Å². The summed E-state index contributed by atoms with van der Waals surface area (Å²) < 4.78 is 80.5. The lowest BCUT2D eigenvalue weighted by Gasteiger charge is -2.25. The van der Waals surface area contributed by atoms with E-state index in [2.05, 4.69) is 9.97 Å². The standard InChI is InChI=1S/C27H19F6N3O/c28-26(29,30)22-12-18(13-23(14-22)27(31,32)33)16-36(25(37)20-6-9-34-10-7-20)17-21-15-35-11-8-24(21)19-4-2-1-3-5-19/h1-15H,16-17H2. The number of benzene rings is 2. The van der Waals surface area contributed by atoms with E-state index in [9.17, 15) is 31.1 Å². The SMILES string of the molecule is O=C(c1ccncc1)N(Cc1cc(C(F)(F)F)cc(C(F)(F)F)c1)Cc1cnccc1-c1ccccc1. The summed E-state index contributed by atoms with van der Waals surface area (Å²) >= 11 is 0. The predicted molar refractivity (Wildman–Crippen MR) is 124 cm³/mol. The van der Waals surface area contributed by atoms with E-state index < -0.39 is 35.9 Å². The molecule has 37 heavy (non-hydrogen) atoms. The molecule has 0 radical (unpaired) electrons. The van der Waals surface area contributed by atoms with Gasteiger partial charge in [-0.1, -0.05) is 30.3 Å². The van der Waals surface area contributed by atoms with Crippen molar-refractivity contribution >= 4 is 5.91 Å². The molecule has 4 aromatic rings. The van der Waals surface area contributed by atoms with Crippen LogP contribution >= 0.6 is 0 Å². The first-order valence-electron chi connectivity index (χ1n) is 11.0. The Kier molecular flexibility index (Phi) is 7.28. The van der Waals surface area contributed by atoms with Gasteiger partial charge in [-0.25, -0.2) is 0 Å². The van der Waals surface area contributed by atoms with Crippen LogP contribution in [0.25, 0.3) is 11.1 Å². The summed E-state index contributed by atoms with van der Waals surface area (Å²) in [5.74, 6) is -0.587. The lowest BCUT2D eigenvalue weighted by molar-refractivity contribution is -0.143. The number of carbonyl (C=O) groups is 1. The lowest BCUT2D eigenvalue weighted by Crippen LogP contribution is -2.30. The van der Waals surface area contributed by atoms with Crippen molar-refractivity contribution in [3.8, 4) is 11.1 Å². The molecule has 0 N–H and O–H groups in total. The molecule has 0 bridgehead atoms. The zero-order valence-electron chi connectivity index (χ0n) is 19.1. The number of carbonyl (C=O) groups excluding carboxylic acids is 1. The van der Waals surface area contributed by atoms with E-state index >= 15 is 0 Å². The molecule has 4 rings (SSSR count). The lowest BCUT2D eigenvalue weighted by atomic mass is 10.0. The second kappa shape index (κ2) is 10.4. The van der Waals surface area contributed by atoms with Gasteiger partial charge in [0.1, 0.15) is 0 Å². The van der Waals surface area contributed by atoms with E-state index in [1.807, 2.05) is 30.3 Å². The first-order chi connectivity index (χ1) is 17.5. The van der Waals surface area contributed by atoms with Gasteiger partial charge in [0.15, 0.2) is 0 Å². The number of pyridine rings is 2. The van der Waals surface area contributed by atoms with Gasteiger partial charge in [0.2, 0.25) is 0 Å². The third-order valence-electron chi connectivity index (χ3n) is 5.58. The van der Waals surface area contributed by atoms with Crippen molar-refractivity contribution in [2.75, 3.05) is 0 Å². The number of aromatic nitrogens is 2. The Balaban J connectivity index is 1.77. The van der Waals surface area contributed by atoms with Crippen molar-refractivity contribution in [3.05, 3.63) is 119 Å². The van der Waals surface area contributed by atoms with Crippen LogP contribution in [0.5, 0.6) is 0 Å². The summed E-state index contributed by atoms with van der Waals surface area (Å²) in [7, 11) is 0. The van der Waals surface area contributed by atoms with Crippen LogP contribution in [-0.4, -0.2) is 20.8 Å².